The third kappa shape index (κ3) is 3.12. The van der Waals surface area contributed by atoms with Crippen LogP contribution in [0.2, 0.25) is 0 Å². The Morgan fingerprint density at radius 3 is 2.84 bits per heavy atom. The van der Waals surface area contributed by atoms with Crippen molar-refractivity contribution in [3.63, 3.8) is 0 Å². The van der Waals surface area contributed by atoms with Gasteiger partial charge in [0, 0.05) is 29.8 Å². The van der Waals surface area contributed by atoms with E-state index in [0.29, 0.717) is 5.92 Å². The molecule has 1 aromatic rings. The first-order valence-electron chi connectivity index (χ1n) is 7.17. The Bertz CT molecular complexity index is 426. The predicted molar refractivity (Wildman–Crippen MR) is 82.0 cm³/mol. The fourth-order valence-electron chi connectivity index (χ4n) is 3.06. The van der Waals surface area contributed by atoms with E-state index in [9.17, 15) is 0 Å². The molecule has 19 heavy (non-hydrogen) atoms. The van der Waals surface area contributed by atoms with Crippen molar-refractivity contribution in [2.24, 2.45) is 0 Å². The van der Waals surface area contributed by atoms with Crippen LogP contribution in [0.1, 0.15) is 24.3 Å². The second-order valence-electron chi connectivity index (χ2n) is 5.35. The second kappa shape index (κ2) is 6.25. The van der Waals surface area contributed by atoms with E-state index in [1.807, 2.05) is 0 Å². The average Bonchev–Trinajstić information content (AvgIpc) is 2.49. The molecule has 1 atom stereocenters. The molecule has 0 amide bonds. The molecule has 0 aromatic heterocycles. The van der Waals surface area contributed by atoms with E-state index >= 15 is 0 Å². The minimum Gasteiger partial charge on any atom is -0.378 e. The Morgan fingerprint density at radius 1 is 1.26 bits per heavy atom. The number of hydrogen-bond acceptors (Lipinski definition) is 3. The van der Waals surface area contributed by atoms with Crippen molar-refractivity contribution >= 4 is 21.6 Å². The number of morpholine rings is 1. The van der Waals surface area contributed by atoms with Gasteiger partial charge in [0.25, 0.3) is 0 Å². The molecule has 2 heterocycles. The average molecular weight is 325 g/mol. The number of nitrogens with zero attached hydrogens (tertiary/aromatic N) is 1. The lowest BCUT2D eigenvalue weighted by atomic mass is 9.90. The topological polar surface area (TPSA) is 24.5 Å². The van der Waals surface area contributed by atoms with Crippen LogP contribution < -0.4 is 10.2 Å². The zero-order valence-electron chi connectivity index (χ0n) is 11.2. The minimum atomic E-state index is 0.643. The summed E-state index contributed by atoms with van der Waals surface area (Å²) in [5.74, 6) is 0.643. The summed E-state index contributed by atoms with van der Waals surface area (Å²) in [7, 11) is 0. The molecule has 2 fully saturated rings. The first-order chi connectivity index (χ1) is 9.34. The van der Waals surface area contributed by atoms with Crippen LogP contribution in [0, 0.1) is 0 Å². The smallest absolute Gasteiger partial charge is 0.0642 e. The van der Waals surface area contributed by atoms with Gasteiger partial charge in [-0.2, -0.15) is 0 Å². The monoisotopic (exact) mass is 324 g/mol. The quantitative estimate of drug-likeness (QED) is 0.905. The lowest BCUT2D eigenvalue weighted by Crippen LogP contribution is -2.37. The van der Waals surface area contributed by atoms with Crippen molar-refractivity contribution in [2.45, 2.75) is 18.8 Å². The van der Waals surface area contributed by atoms with Crippen LogP contribution in [-0.4, -0.2) is 39.4 Å². The molecular formula is C15H21BrN2O. The molecule has 3 rings (SSSR count). The van der Waals surface area contributed by atoms with Gasteiger partial charge in [0.1, 0.15) is 0 Å². The van der Waals surface area contributed by atoms with E-state index in [1.54, 1.807) is 0 Å². The van der Waals surface area contributed by atoms with E-state index in [1.165, 1.54) is 28.6 Å². The maximum atomic E-state index is 5.47. The molecule has 2 aliphatic rings. The van der Waals surface area contributed by atoms with Crippen LogP contribution in [0.15, 0.2) is 22.7 Å². The molecule has 2 saturated heterocycles. The number of benzene rings is 1. The molecule has 3 nitrogen and oxygen atoms in total. The third-order valence-corrected chi connectivity index (χ3v) is 4.57. The van der Waals surface area contributed by atoms with E-state index in [-0.39, 0.29) is 0 Å². The fraction of sp³-hybridized carbons (Fsp3) is 0.600. The van der Waals surface area contributed by atoms with E-state index < -0.39 is 0 Å². The summed E-state index contributed by atoms with van der Waals surface area (Å²) in [6.45, 7) is 5.98. The Morgan fingerprint density at radius 2 is 2.11 bits per heavy atom. The Kier molecular flexibility index (Phi) is 4.41. The molecule has 2 aliphatic heterocycles. The van der Waals surface area contributed by atoms with Gasteiger partial charge in [0.2, 0.25) is 0 Å². The Hall–Kier alpha value is -0.580. The van der Waals surface area contributed by atoms with Gasteiger partial charge in [0.05, 0.1) is 13.2 Å². The van der Waals surface area contributed by atoms with E-state index in [2.05, 4.69) is 44.3 Å². The predicted octanol–water partition coefficient (Wildman–Crippen LogP) is 2.75. The molecule has 0 aliphatic carbocycles. The number of piperidine rings is 1. The number of hydrogen-bond donors (Lipinski definition) is 1. The molecule has 1 N–H and O–H groups in total. The summed E-state index contributed by atoms with van der Waals surface area (Å²) in [5.41, 5.74) is 2.89. The van der Waals surface area contributed by atoms with Gasteiger partial charge in [0.15, 0.2) is 0 Å². The molecule has 1 aromatic carbocycles. The summed E-state index contributed by atoms with van der Waals surface area (Å²) in [6.07, 6.45) is 2.57. The Balaban J connectivity index is 1.88. The van der Waals surface area contributed by atoms with Crippen LogP contribution in [0.3, 0.4) is 0 Å². The van der Waals surface area contributed by atoms with Gasteiger partial charge in [-0.1, -0.05) is 15.9 Å². The van der Waals surface area contributed by atoms with Crippen LogP contribution in [-0.2, 0) is 4.74 Å². The largest absolute Gasteiger partial charge is 0.378 e. The third-order valence-electron chi connectivity index (χ3n) is 4.08. The maximum Gasteiger partial charge on any atom is 0.0642 e. The summed E-state index contributed by atoms with van der Waals surface area (Å²) >= 11 is 3.62. The van der Waals surface area contributed by atoms with Crippen molar-refractivity contribution in [3.05, 3.63) is 28.2 Å². The van der Waals surface area contributed by atoms with Gasteiger partial charge in [-0.05, 0) is 49.1 Å². The first kappa shape index (κ1) is 13.4. The highest BCUT2D eigenvalue weighted by Crippen LogP contribution is 2.34. The molecular weight excluding hydrogens is 304 g/mol. The Labute approximate surface area is 123 Å². The minimum absolute atomic E-state index is 0.643. The van der Waals surface area contributed by atoms with Crippen molar-refractivity contribution in [1.82, 2.24) is 5.32 Å². The van der Waals surface area contributed by atoms with Gasteiger partial charge >= 0.3 is 0 Å². The lowest BCUT2D eigenvalue weighted by molar-refractivity contribution is 0.122. The van der Waals surface area contributed by atoms with Crippen LogP contribution in [0.25, 0.3) is 0 Å². The summed E-state index contributed by atoms with van der Waals surface area (Å²) in [6, 6.07) is 6.73. The van der Waals surface area contributed by atoms with Crippen LogP contribution >= 0.6 is 15.9 Å². The van der Waals surface area contributed by atoms with Crippen molar-refractivity contribution in [1.29, 1.82) is 0 Å². The normalized spacial score (nSPS) is 24.5. The van der Waals surface area contributed by atoms with Crippen molar-refractivity contribution in [2.75, 3.05) is 44.3 Å². The molecule has 0 radical (unpaired) electrons. The molecule has 1 unspecified atom stereocenters. The molecule has 0 spiro atoms. The number of nitrogens with one attached hydrogen (secondary N) is 1. The van der Waals surface area contributed by atoms with Crippen LogP contribution in [0.4, 0.5) is 5.69 Å². The van der Waals surface area contributed by atoms with Crippen LogP contribution in [0.5, 0.6) is 0 Å². The highest BCUT2D eigenvalue weighted by atomic mass is 79.9. The molecule has 104 valence electrons. The summed E-state index contributed by atoms with van der Waals surface area (Å²) < 4.78 is 6.65. The van der Waals surface area contributed by atoms with Gasteiger partial charge in [-0.15, -0.1) is 0 Å². The number of anilines is 1. The maximum absolute atomic E-state index is 5.47. The van der Waals surface area contributed by atoms with Gasteiger partial charge in [-0.3, -0.25) is 0 Å². The summed E-state index contributed by atoms with van der Waals surface area (Å²) in [4.78, 5) is 2.47. The summed E-state index contributed by atoms with van der Waals surface area (Å²) in [5, 5.41) is 3.52. The number of ether oxygens (including phenoxy) is 1. The molecule has 0 bridgehead atoms. The molecule has 0 saturated carbocycles. The number of rotatable bonds is 2. The van der Waals surface area contributed by atoms with Crippen molar-refractivity contribution in [3.8, 4) is 0 Å². The van der Waals surface area contributed by atoms with Gasteiger partial charge in [-0.25, -0.2) is 0 Å². The highest BCUT2D eigenvalue weighted by molar-refractivity contribution is 9.10. The fourth-order valence-corrected chi connectivity index (χ4v) is 3.44. The van der Waals surface area contributed by atoms with Gasteiger partial charge < -0.3 is 15.0 Å². The first-order valence-corrected chi connectivity index (χ1v) is 7.97. The number of halogens is 1. The van der Waals surface area contributed by atoms with E-state index in [0.717, 1.165) is 39.4 Å². The van der Waals surface area contributed by atoms with Crippen molar-refractivity contribution < 1.29 is 4.74 Å². The zero-order chi connectivity index (χ0) is 13.1. The van der Waals surface area contributed by atoms with E-state index in [4.69, 9.17) is 4.74 Å². The SMILES string of the molecule is Brc1ccc(N2CCOCC2)c(C2CCCNC2)c1. The standard InChI is InChI=1S/C15H21BrN2O/c16-13-3-4-15(18-6-8-19-9-7-18)14(10-13)12-2-1-5-17-11-12/h3-4,10,12,17H,1-2,5-9,11H2. The zero-order valence-corrected chi connectivity index (χ0v) is 12.8. The second-order valence-corrected chi connectivity index (χ2v) is 6.26. The lowest BCUT2D eigenvalue weighted by Gasteiger charge is -2.33. The highest BCUT2D eigenvalue weighted by Gasteiger charge is 2.22. The molecule has 4 heteroatoms.